The van der Waals surface area contributed by atoms with Crippen LogP contribution in [0.2, 0.25) is 0 Å². The van der Waals surface area contributed by atoms with Gasteiger partial charge in [0.2, 0.25) is 0 Å². The minimum atomic E-state index is -4.38. The predicted octanol–water partition coefficient (Wildman–Crippen LogP) is 4.09. The van der Waals surface area contributed by atoms with Crippen molar-refractivity contribution in [1.82, 2.24) is 5.43 Å². The number of thiocarbonyl (C=S) groups is 1. The number of anilines is 1. The number of nitrogens with one attached hydrogen (secondary N) is 2. The zero-order valence-corrected chi connectivity index (χ0v) is 12.1. The molecule has 1 aromatic heterocycles. The number of benzene rings is 1. The summed E-state index contributed by atoms with van der Waals surface area (Å²) < 4.78 is 37.7. The summed E-state index contributed by atoms with van der Waals surface area (Å²) in [5.74, 6) is 0. The van der Waals surface area contributed by atoms with Crippen LogP contribution in [0.1, 0.15) is 10.4 Å². The quantitative estimate of drug-likeness (QED) is 0.506. The lowest BCUT2D eigenvalue weighted by atomic mass is 10.2. The van der Waals surface area contributed by atoms with Crippen LogP contribution in [0.4, 0.5) is 18.9 Å². The third kappa shape index (κ3) is 4.83. The lowest BCUT2D eigenvalue weighted by Gasteiger charge is -2.10. The Morgan fingerprint density at radius 1 is 1.24 bits per heavy atom. The highest BCUT2D eigenvalue weighted by molar-refractivity contribution is 7.80. The van der Waals surface area contributed by atoms with Gasteiger partial charge in [-0.3, -0.25) is 5.43 Å². The summed E-state index contributed by atoms with van der Waals surface area (Å²) in [5.41, 5.74) is 2.05. The summed E-state index contributed by atoms with van der Waals surface area (Å²) in [6.07, 6.45) is -2.81. The van der Waals surface area contributed by atoms with Gasteiger partial charge in [-0.1, -0.05) is 12.1 Å². The van der Waals surface area contributed by atoms with Crippen LogP contribution in [-0.2, 0) is 6.18 Å². The largest absolute Gasteiger partial charge is 0.416 e. The van der Waals surface area contributed by atoms with Gasteiger partial charge >= 0.3 is 6.18 Å². The van der Waals surface area contributed by atoms with Crippen molar-refractivity contribution < 1.29 is 13.2 Å². The fourth-order valence-electron chi connectivity index (χ4n) is 1.45. The Morgan fingerprint density at radius 2 is 2.05 bits per heavy atom. The summed E-state index contributed by atoms with van der Waals surface area (Å²) in [7, 11) is 0. The number of nitrogens with zero attached hydrogens (tertiary/aromatic N) is 1. The maximum Gasteiger partial charge on any atom is 0.416 e. The van der Waals surface area contributed by atoms with Gasteiger partial charge in [0.25, 0.3) is 0 Å². The zero-order chi connectivity index (χ0) is 15.3. The summed E-state index contributed by atoms with van der Waals surface area (Å²) >= 11 is 6.46. The van der Waals surface area contributed by atoms with E-state index in [2.05, 4.69) is 15.8 Å². The van der Waals surface area contributed by atoms with Crippen LogP contribution in [0, 0.1) is 0 Å². The van der Waals surface area contributed by atoms with E-state index in [4.69, 9.17) is 12.2 Å². The number of hydrogen-bond acceptors (Lipinski definition) is 3. The second-order valence-electron chi connectivity index (χ2n) is 3.92. The average Bonchev–Trinajstić information content (AvgIpc) is 2.91. The van der Waals surface area contributed by atoms with Crippen molar-refractivity contribution in [3.8, 4) is 0 Å². The smallest absolute Gasteiger partial charge is 0.331 e. The molecule has 110 valence electrons. The van der Waals surface area contributed by atoms with E-state index in [9.17, 15) is 13.2 Å². The first-order chi connectivity index (χ1) is 9.95. The number of hydrogen-bond donors (Lipinski definition) is 2. The van der Waals surface area contributed by atoms with E-state index < -0.39 is 11.7 Å². The lowest BCUT2D eigenvalue weighted by molar-refractivity contribution is -0.137. The summed E-state index contributed by atoms with van der Waals surface area (Å²) in [5, 5.41) is 8.55. The third-order valence-corrected chi connectivity index (χ3v) is 3.35. The van der Waals surface area contributed by atoms with Gasteiger partial charge in [-0.25, -0.2) is 0 Å². The monoisotopic (exact) mass is 329 g/mol. The summed E-state index contributed by atoms with van der Waals surface area (Å²) in [6.45, 7) is 0. The predicted molar refractivity (Wildman–Crippen MR) is 82.7 cm³/mol. The molecule has 0 atom stereocenters. The number of halogens is 3. The first kappa shape index (κ1) is 15.5. The molecule has 1 aromatic carbocycles. The van der Waals surface area contributed by atoms with Gasteiger partial charge in [-0.2, -0.15) is 18.3 Å². The van der Waals surface area contributed by atoms with Crippen molar-refractivity contribution in [1.29, 1.82) is 0 Å². The second-order valence-corrected chi connectivity index (χ2v) is 5.31. The molecule has 2 N–H and O–H groups in total. The molecule has 21 heavy (non-hydrogen) atoms. The fourth-order valence-corrected chi connectivity index (χ4v) is 2.21. The van der Waals surface area contributed by atoms with Gasteiger partial charge in [0.05, 0.1) is 11.8 Å². The molecule has 0 fully saturated rings. The first-order valence-corrected chi connectivity index (χ1v) is 7.05. The number of rotatable bonds is 3. The maximum atomic E-state index is 12.6. The Labute approximate surface area is 128 Å². The van der Waals surface area contributed by atoms with Gasteiger partial charge in [-0.05, 0) is 41.9 Å². The molecule has 0 unspecified atom stereocenters. The number of thiophene rings is 1. The molecular weight excluding hydrogens is 319 g/mol. The van der Waals surface area contributed by atoms with Gasteiger partial charge < -0.3 is 5.32 Å². The molecule has 0 aliphatic rings. The molecule has 0 saturated carbocycles. The normalized spacial score (nSPS) is 11.6. The Morgan fingerprint density at radius 3 is 2.71 bits per heavy atom. The molecule has 0 spiro atoms. The minimum Gasteiger partial charge on any atom is -0.331 e. The van der Waals surface area contributed by atoms with Crippen molar-refractivity contribution in [2.75, 3.05) is 5.32 Å². The molecule has 0 bridgehead atoms. The van der Waals surface area contributed by atoms with Crippen LogP contribution in [0.5, 0.6) is 0 Å². The minimum absolute atomic E-state index is 0.113. The Hall–Kier alpha value is -1.93. The van der Waals surface area contributed by atoms with Crippen molar-refractivity contribution in [2.24, 2.45) is 5.10 Å². The number of hydrazone groups is 1. The zero-order valence-electron chi connectivity index (χ0n) is 10.5. The van der Waals surface area contributed by atoms with Crippen LogP contribution in [0.15, 0.2) is 46.9 Å². The molecule has 0 aliphatic carbocycles. The van der Waals surface area contributed by atoms with Gasteiger partial charge in [0, 0.05) is 10.6 Å². The van der Waals surface area contributed by atoms with E-state index in [0.29, 0.717) is 0 Å². The van der Waals surface area contributed by atoms with E-state index in [1.165, 1.54) is 23.5 Å². The van der Waals surface area contributed by atoms with Crippen LogP contribution < -0.4 is 10.7 Å². The van der Waals surface area contributed by atoms with Crippen molar-refractivity contribution >= 4 is 40.6 Å². The molecule has 2 aromatic rings. The van der Waals surface area contributed by atoms with Crippen LogP contribution >= 0.6 is 23.6 Å². The van der Waals surface area contributed by atoms with E-state index in [-0.39, 0.29) is 10.8 Å². The molecule has 0 saturated heterocycles. The summed E-state index contributed by atoms with van der Waals surface area (Å²) in [6, 6.07) is 8.53. The Bertz CT molecular complexity index is 636. The fraction of sp³-hybridized carbons (Fsp3) is 0.0769. The molecular formula is C13H10F3N3S2. The highest BCUT2D eigenvalue weighted by Crippen LogP contribution is 2.30. The van der Waals surface area contributed by atoms with Gasteiger partial charge in [-0.15, -0.1) is 11.3 Å². The van der Waals surface area contributed by atoms with Gasteiger partial charge in [0.1, 0.15) is 0 Å². The third-order valence-electron chi connectivity index (χ3n) is 2.35. The van der Waals surface area contributed by atoms with E-state index in [1.54, 1.807) is 6.21 Å². The SMILES string of the molecule is FC(F)(F)c1cccc(NC(=S)N/N=C\c2cccs2)c1. The molecule has 2 rings (SSSR count). The van der Waals surface area contributed by atoms with Crippen LogP contribution in [0.25, 0.3) is 0 Å². The average molecular weight is 329 g/mol. The van der Waals surface area contributed by atoms with E-state index in [0.717, 1.165) is 17.0 Å². The standard InChI is InChI=1S/C13H10F3N3S2/c14-13(15,16)9-3-1-4-10(7-9)18-12(20)19-17-8-11-5-2-6-21-11/h1-8H,(H2,18,19,20)/b17-8-. The first-order valence-electron chi connectivity index (χ1n) is 5.76. The Kier molecular flexibility index (Phi) is 4.92. The highest BCUT2D eigenvalue weighted by Gasteiger charge is 2.30. The van der Waals surface area contributed by atoms with Crippen molar-refractivity contribution in [2.45, 2.75) is 6.18 Å². The maximum absolute atomic E-state index is 12.6. The van der Waals surface area contributed by atoms with Crippen LogP contribution in [0.3, 0.4) is 0 Å². The molecule has 0 aliphatic heterocycles. The highest BCUT2D eigenvalue weighted by atomic mass is 32.1. The topological polar surface area (TPSA) is 36.4 Å². The van der Waals surface area contributed by atoms with E-state index in [1.807, 2.05) is 17.5 Å². The number of alkyl halides is 3. The molecule has 0 radical (unpaired) electrons. The molecule has 8 heteroatoms. The second kappa shape index (κ2) is 6.68. The van der Waals surface area contributed by atoms with E-state index >= 15 is 0 Å². The molecule has 3 nitrogen and oxygen atoms in total. The van der Waals surface area contributed by atoms with Crippen molar-refractivity contribution in [3.05, 3.63) is 52.2 Å². The molecule has 1 heterocycles. The summed E-state index contributed by atoms with van der Waals surface area (Å²) in [4.78, 5) is 0.935. The van der Waals surface area contributed by atoms with Crippen molar-refractivity contribution in [3.63, 3.8) is 0 Å². The molecule has 0 amide bonds. The van der Waals surface area contributed by atoms with Crippen LogP contribution in [-0.4, -0.2) is 11.3 Å². The Balaban J connectivity index is 1.94. The van der Waals surface area contributed by atoms with Gasteiger partial charge in [0.15, 0.2) is 5.11 Å². The lowest BCUT2D eigenvalue weighted by Crippen LogP contribution is -2.24.